The van der Waals surface area contributed by atoms with Crippen molar-refractivity contribution in [2.24, 2.45) is 0 Å². The van der Waals surface area contributed by atoms with Crippen molar-refractivity contribution in [1.82, 2.24) is 0 Å². The predicted octanol–water partition coefficient (Wildman–Crippen LogP) is 1.93. The van der Waals surface area contributed by atoms with Crippen LogP contribution in [0.1, 0.15) is 6.92 Å². The summed E-state index contributed by atoms with van der Waals surface area (Å²) >= 11 is 0. The second-order valence-electron chi connectivity index (χ2n) is 2.75. The molecule has 0 radical (unpaired) electrons. The molecule has 0 aliphatic carbocycles. The summed E-state index contributed by atoms with van der Waals surface area (Å²) in [7, 11) is 0. The van der Waals surface area contributed by atoms with Crippen molar-refractivity contribution in [3.05, 3.63) is 38.4 Å². The Bertz CT molecular complexity index is 405. The highest BCUT2D eigenvalue weighted by Gasteiger charge is 2.18. The number of hydrogen-bond donors (Lipinski definition) is 1. The lowest BCUT2D eigenvalue weighted by Crippen LogP contribution is -2.01. The van der Waals surface area contributed by atoms with Crippen LogP contribution in [0.3, 0.4) is 0 Å². The molecule has 0 spiro atoms. The minimum atomic E-state index is -0.664. The van der Waals surface area contributed by atoms with Crippen LogP contribution in [0.15, 0.2) is 18.2 Å². The van der Waals surface area contributed by atoms with Crippen molar-refractivity contribution < 1.29 is 9.85 Å². The summed E-state index contributed by atoms with van der Waals surface area (Å²) in [6, 6.07) is 3.50. The second kappa shape index (κ2) is 4.36. The lowest BCUT2D eigenvalue weighted by Gasteiger charge is -2.03. The summed E-state index contributed by atoms with van der Waals surface area (Å²) in [4.78, 5) is 19.7. The maximum atomic E-state index is 10.6. The van der Waals surface area contributed by atoms with E-state index in [0.29, 0.717) is 6.54 Å². The lowest BCUT2D eigenvalue weighted by atomic mass is 10.2. The molecule has 80 valence electrons. The zero-order valence-electron chi connectivity index (χ0n) is 7.97. The van der Waals surface area contributed by atoms with E-state index < -0.39 is 9.85 Å². The van der Waals surface area contributed by atoms with E-state index >= 15 is 0 Å². The number of hydrogen-bond acceptors (Lipinski definition) is 5. The maximum Gasteiger partial charge on any atom is 0.299 e. The van der Waals surface area contributed by atoms with Crippen LogP contribution in [0.2, 0.25) is 0 Å². The molecule has 1 rings (SSSR count). The molecule has 0 aromatic heterocycles. The summed E-state index contributed by atoms with van der Waals surface area (Å²) in [5, 5.41) is 23.8. The van der Waals surface area contributed by atoms with E-state index in [0.717, 1.165) is 6.07 Å². The molecule has 1 aromatic carbocycles. The van der Waals surface area contributed by atoms with Gasteiger partial charge in [-0.2, -0.15) is 0 Å². The number of nitrogens with zero attached hydrogens (tertiary/aromatic N) is 2. The number of nitro groups is 2. The van der Waals surface area contributed by atoms with Gasteiger partial charge >= 0.3 is 0 Å². The number of anilines is 1. The first kappa shape index (κ1) is 10.9. The Hall–Kier alpha value is -2.18. The van der Waals surface area contributed by atoms with Crippen LogP contribution in [0.4, 0.5) is 17.1 Å². The normalized spacial score (nSPS) is 9.67. The van der Waals surface area contributed by atoms with Crippen molar-refractivity contribution >= 4 is 17.1 Å². The van der Waals surface area contributed by atoms with Gasteiger partial charge in [-0.1, -0.05) is 0 Å². The fourth-order valence-electron chi connectivity index (χ4n) is 1.12. The van der Waals surface area contributed by atoms with Gasteiger partial charge in [0.05, 0.1) is 15.9 Å². The molecule has 0 saturated heterocycles. The molecule has 0 bridgehead atoms. The van der Waals surface area contributed by atoms with Gasteiger partial charge in [-0.05, 0) is 13.0 Å². The molecule has 0 heterocycles. The Morgan fingerprint density at radius 2 is 1.93 bits per heavy atom. The lowest BCUT2D eigenvalue weighted by molar-refractivity contribution is -0.393. The molecule has 0 aliphatic heterocycles. The molecular formula is C8H9N3O4. The third kappa shape index (κ3) is 2.39. The van der Waals surface area contributed by atoms with Crippen LogP contribution in [0, 0.1) is 20.2 Å². The molecule has 0 atom stereocenters. The van der Waals surface area contributed by atoms with Crippen LogP contribution in [0.5, 0.6) is 0 Å². The van der Waals surface area contributed by atoms with Gasteiger partial charge in [-0.25, -0.2) is 0 Å². The van der Waals surface area contributed by atoms with Gasteiger partial charge in [0.15, 0.2) is 0 Å². The highest BCUT2D eigenvalue weighted by atomic mass is 16.6. The molecule has 1 aromatic rings. The quantitative estimate of drug-likeness (QED) is 0.606. The van der Waals surface area contributed by atoms with Gasteiger partial charge in [0.2, 0.25) is 0 Å². The predicted molar refractivity (Wildman–Crippen MR) is 53.9 cm³/mol. The van der Waals surface area contributed by atoms with E-state index in [1.165, 1.54) is 12.1 Å². The molecule has 15 heavy (non-hydrogen) atoms. The van der Waals surface area contributed by atoms with Crippen LogP contribution < -0.4 is 5.32 Å². The van der Waals surface area contributed by atoms with Crippen molar-refractivity contribution in [1.29, 1.82) is 0 Å². The molecule has 0 aliphatic rings. The second-order valence-corrected chi connectivity index (χ2v) is 2.75. The fourth-order valence-corrected chi connectivity index (χ4v) is 1.12. The molecule has 0 amide bonds. The van der Waals surface area contributed by atoms with Crippen molar-refractivity contribution in [2.45, 2.75) is 6.92 Å². The first-order valence-electron chi connectivity index (χ1n) is 4.23. The molecule has 0 unspecified atom stereocenters. The van der Waals surface area contributed by atoms with Crippen LogP contribution in [0.25, 0.3) is 0 Å². The molecular weight excluding hydrogens is 202 g/mol. The van der Waals surface area contributed by atoms with Gasteiger partial charge in [-0.3, -0.25) is 20.2 Å². The minimum absolute atomic E-state index is 0.285. The Balaban J connectivity index is 3.20. The van der Waals surface area contributed by atoms with E-state index in [2.05, 4.69) is 5.32 Å². The summed E-state index contributed by atoms with van der Waals surface area (Å²) < 4.78 is 0. The van der Waals surface area contributed by atoms with E-state index in [9.17, 15) is 20.2 Å². The SMILES string of the molecule is CCNc1ccc([N+](=O)[O-])cc1[N+](=O)[O-]. The minimum Gasteiger partial charge on any atom is -0.380 e. The largest absolute Gasteiger partial charge is 0.380 e. The molecule has 7 heteroatoms. The van der Waals surface area contributed by atoms with Gasteiger partial charge in [-0.15, -0.1) is 0 Å². The monoisotopic (exact) mass is 211 g/mol. The van der Waals surface area contributed by atoms with Crippen LogP contribution >= 0.6 is 0 Å². The van der Waals surface area contributed by atoms with Gasteiger partial charge < -0.3 is 5.32 Å². The summed E-state index contributed by atoms with van der Waals surface area (Å²) in [6.07, 6.45) is 0. The summed E-state index contributed by atoms with van der Waals surface area (Å²) in [5.41, 5.74) is -0.289. The Morgan fingerprint density at radius 3 is 2.40 bits per heavy atom. The molecule has 0 saturated carbocycles. The smallest absolute Gasteiger partial charge is 0.299 e. The molecule has 0 fully saturated rings. The van der Waals surface area contributed by atoms with Crippen molar-refractivity contribution in [3.8, 4) is 0 Å². The highest BCUT2D eigenvalue weighted by Crippen LogP contribution is 2.28. The van der Waals surface area contributed by atoms with Crippen molar-refractivity contribution in [3.63, 3.8) is 0 Å². The number of benzene rings is 1. The number of rotatable bonds is 4. The molecule has 7 nitrogen and oxygen atoms in total. The zero-order chi connectivity index (χ0) is 11.4. The van der Waals surface area contributed by atoms with Crippen LogP contribution in [-0.4, -0.2) is 16.4 Å². The number of non-ortho nitro benzene ring substituents is 1. The number of nitro benzene ring substituents is 2. The van der Waals surface area contributed by atoms with Gasteiger partial charge in [0.25, 0.3) is 11.4 Å². The van der Waals surface area contributed by atoms with E-state index in [1.54, 1.807) is 6.92 Å². The van der Waals surface area contributed by atoms with Gasteiger partial charge in [0, 0.05) is 12.6 Å². The summed E-state index contributed by atoms with van der Waals surface area (Å²) in [5.74, 6) is 0. The molecule has 1 N–H and O–H groups in total. The number of nitrogens with one attached hydrogen (secondary N) is 1. The standard InChI is InChI=1S/C8H9N3O4/c1-2-9-7-4-3-6(10(12)13)5-8(7)11(14)15/h3-5,9H,2H2,1H3. The Labute approximate surface area is 85.0 Å². The van der Waals surface area contributed by atoms with E-state index in [-0.39, 0.29) is 17.1 Å². The zero-order valence-corrected chi connectivity index (χ0v) is 7.97. The fraction of sp³-hybridized carbons (Fsp3) is 0.250. The average molecular weight is 211 g/mol. The first-order valence-corrected chi connectivity index (χ1v) is 4.23. The average Bonchev–Trinajstić information content (AvgIpc) is 2.18. The third-order valence-corrected chi connectivity index (χ3v) is 1.76. The Kier molecular flexibility index (Phi) is 3.17. The summed E-state index contributed by atoms with van der Waals surface area (Å²) in [6.45, 7) is 2.30. The van der Waals surface area contributed by atoms with E-state index in [1.807, 2.05) is 0 Å². The maximum absolute atomic E-state index is 10.6. The van der Waals surface area contributed by atoms with E-state index in [4.69, 9.17) is 0 Å². The van der Waals surface area contributed by atoms with Crippen LogP contribution in [-0.2, 0) is 0 Å². The topological polar surface area (TPSA) is 98.3 Å². The van der Waals surface area contributed by atoms with Crippen molar-refractivity contribution in [2.75, 3.05) is 11.9 Å². The highest BCUT2D eigenvalue weighted by molar-refractivity contribution is 5.65. The third-order valence-electron chi connectivity index (χ3n) is 1.76. The Morgan fingerprint density at radius 1 is 1.27 bits per heavy atom. The first-order chi connectivity index (χ1) is 7.06. The van der Waals surface area contributed by atoms with Gasteiger partial charge in [0.1, 0.15) is 5.69 Å².